The number of nitrogens with one attached hydrogen (secondary N) is 1. The summed E-state index contributed by atoms with van der Waals surface area (Å²) in [5.41, 5.74) is -1.78. The molecule has 3 rings (SSSR count). The highest BCUT2D eigenvalue weighted by atomic mass is 32.1. The van der Waals surface area contributed by atoms with Gasteiger partial charge in [-0.1, -0.05) is 0 Å². The van der Waals surface area contributed by atoms with Gasteiger partial charge in [-0.3, -0.25) is 14.5 Å². The van der Waals surface area contributed by atoms with Crippen molar-refractivity contribution >= 4 is 23.3 Å². The largest absolute Gasteiger partial charge is 0.417 e. The lowest BCUT2D eigenvalue weighted by Gasteiger charge is -2.14. The predicted molar refractivity (Wildman–Crippen MR) is 84.1 cm³/mol. The number of pyridine rings is 1. The number of H-pyrrole nitrogens is 1. The van der Waals surface area contributed by atoms with Crippen LogP contribution in [0.2, 0.25) is 0 Å². The van der Waals surface area contributed by atoms with Gasteiger partial charge < -0.3 is 4.57 Å². The minimum atomic E-state index is -4.72. The van der Waals surface area contributed by atoms with Crippen LogP contribution in [-0.2, 0) is 19.8 Å². The van der Waals surface area contributed by atoms with Crippen LogP contribution in [0.4, 0.5) is 13.2 Å². The summed E-state index contributed by atoms with van der Waals surface area (Å²) in [5.74, 6) is 0. The van der Waals surface area contributed by atoms with Crippen molar-refractivity contribution in [2.75, 3.05) is 0 Å². The van der Waals surface area contributed by atoms with Gasteiger partial charge in [0.05, 0.1) is 16.6 Å². The molecule has 0 fully saturated rings. The Bertz CT molecular complexity index is 1050. The number of hydrogen-bond donors (Lipinski definition) is 1. The van der Waals surface area contributed by atoms with E-state index in [9.17, 15) is 18.0 Å². The maximum Gasteiger partial charge on any atom is 0.417 e. The van der Waals surface area contributed by atoms with Crippen molar-refractivity contribution in [1.82, 2.24) is 24.3 Å². The molecule has 0 aliphatic heterocycles. The summed E-state index contributed by atoms with van der Waals surface area (Å²) in [7, 11) is 1.65. The highest BCUT2D eigenvalue weighted by molar-refractivity contribution is 7.71. The van der Waals surface area contributed by atoms with Crippen LogP contribution < -0.4 is 5.56 Å². The van der Waals surface area contributed by atoms with Crippen LogP contribution in [0.3, 0.4) is 0 Å². The van der Waals surface area contributed by atoms with E-state index in [0.29, 0.717) is 0 Å². The van der Waals surface area contributed by atoms with Crippen LogP contribution in [-0.4, -0.2) is 24.3 Å². The van der Waals surface area contributed by atoms with Crippen LogP contribution in [0.25, 0.3) is 22.4 Å². The van der Waals surface area contributed by atoms with Crippen molar-refractivity contribution < 1.29 is 13.2 Å². The van der Waals surface area contributed by atoms with E-state index in [2.05, 4.69) is 15.1 Å². The summed E-state index contributed by atoms with van der Waals surface area (Å²) in [6.45, 7) is 1.97. The summed E-state index contributed by atoms with van der Waals surface area (Å²) in [4.78, 5) is 18.6. The van der Waals surface area contributed by atoms with Gasteiger partial charge in [-0.05, 0) is 31.3 Å². The average Bonchev–Trinajstić information content (AvgIpc) is 2.92. The molecule has 6 nitrogen and oxygen atoms in total. The van der Waals surface area contributed by atoms with Crippen LogP contribution >= 0.6 is 12.2 Å². The standard InChI is InChI=1S/C14H12F3N5OS/c1-3-22-11-10(12(23)19-13(22)24)7(14(15,16)17)6-9(18-11)8-4-5-21(2)20-8/h4-6H,3H2,1-2H3,(H,19,23,24). The maximum absolute atomic E-state index is 13.5. The van der Waals surface area contributed by atoms with Crippen molar-refractivity contribution in [1.29, 1.82) is 0 Å². The summed E-state index contributed by atoms with van der Waals surface area (Å²) in [6, 6.07) is 2.38. The van der Waals surface area contributed by atoms with Gasteiger partial charge in [-0.15, -0.1) is 0 Å². The number of hydrogen-bond acceptors (Lipinski definition) is 4. The highest BCUT2D eigenvalue weighted by Gasteiger charge is 2.35. The lowest BCUT2D eigenvalue weighted by molar-refractivity contribution is -0.136. The second kappa shape index (κ2) is 5.55. The van der Waals surface area contributed by atoms with Crippen molar-refractivity contribution in [2.24, 2.45) is 7.05 Å². The Kier molecular flexibility index (Phi) is 3.78. The fourth-order valence-corrected chi connectivity index (χ4v) is 2.78. The third-order valence-corrected chi connectivity index (χ3v) is 3.87. The summed E-state index contributed by atoms with van der Waals surface area (Å²) in [5, 5.41) is 3.55. The summed E-state index contributed by atoms with van der Waals surface area (Å²) >= 11 is 5.03. The molecule has 0 unspecified atom stereocenters. The van der Waals surface area contributed by atoms with Gasteiger partial charge in [0, 0.05) is 19.8 Å². The molecule has 0 aliphatic rings. The second-order valence-electron chi connectivity index (χ2n) is 5.13. The number of fused-ring (bicyclic) bond motifs is 1. The van der Waals surface area contributed by atoms with Crippen LogP contribution in [0.1, 0.15) is 12.5 Å². The molecule has 10 heteroatoms. The first kappa shape index (κ1) is 16.4. The first-order valence-electron chi connectivity index (χ1n) is 6.97. The van der Waals surface area contributed by atoms with Gasteiger partial charge in [-0.2, -0.15) is 18.3 Å². The zero-order chi connectivity index (χ0) is 17.6. The Balaban J connectivity index is 2.51. The van der Waals surface area contributed by atoms with Crippen LogP contribution in [0, 0.1) is 4.77 Å². The molecule has 0 atom stereocenters. The number of rotatable bonds is 2. The van der Waals surface area contributed by atoms with Gasteiger partial charge in [0.2, 0.25) is 0 Å². The molecule has 3 aromatic rings. The molecule has 24 heavy (non-hydrogen) atoms. The maximum atomic E-state index is 13.5. The molecule has 3 heterocycles. The quantitative estimate of drug-likeness (QED) is 0.718. The number of alkyl halides is 3. The Labute approximate surface area is 138 Å². The fraction of sp³-hybridized carbons (Fsp3) is 0.286. The minimum absolute atomic E-state index is 0.0220. The van der Waals surface area contributed by atoms with Crippen molar-refractivity contribution in [2.45, 2.75) is 19.6 Å². The minimum Gasteiger partial charge on any atom is -0.303 e. The molecule has 0 aliphatic carbocycles. The van der Waals surface area contributed by atoms with E-state index < -0.39 is 22.7 Å². The Morgan fingerprint density at radius 2 is 2.04 bits per heavy atom. The average molecular weight is 355 g/mol. The Morgan fingerprint density at radius 1 is 1.33 bits per heavy atom. The van der Waals surface area contributed by atoms with Crippen LogP contribution in [0.5, 0.6) is 0 Å². The Hall–Kier alpha value is -2.49. The molecule has 0 radical (unpaired) electrons. The molecule has 1 N–H and O–H groups in total. The van der Waals surface area contributed by atoms with Crippen molar-refractivity contribution in [3.63, 3.8) is 0 Å². The fourth-order valence-electron chi connectivity index (χ4n) is 2.47. The SMILES string of the molecule is CCn1c(=S)[nH]c(=O)c2c(C(F)(F)F)cc(-c3ccn(C)n3)nc21. The number of aryl methyl sites for hydroxylation is 2. The molecule has 0 saturated carbocycles. The van der Waals surface area contributed by atoms with Gasteiger partial charge in [0.15, 0.2) is 4.77 Å². The highest BCUT2D eigenvalue weighted by Crippen LogP contribution is 2.35. The molecule has 0 amide bonds. The topological polar surface area (TPSA) is 68.5 Å². The first-order chi connectivity index (χ1) is 11.2. The zero-order valence-corrected chi connectivity index (χ0v) is 13.5. The van der Waals surface area contributed by atoms with E-state index in [0.717, 1.165) is 6.07 Å². The number of nitrogens with zero attached hydrogens (tertiary/aromatic N) is 4. The van der Waals surface area contributed by atoms with Gasteiger partial charge >= 0.3 is 6.18 Å². The predicted octanol–water partition coefficient (Wildman–Crippen LogP) is 2.89. The molecule has 126 valence electrons. The third kappa shape index (κ3) is 2.62. The van der Waals surface area contributed by atoms with Gasteiger partial charge in [0.1, 0.15) is 11.3 Å². The van der Waals surface area contributed by atoms with Crippen LogP contribution in [0.15, 0.2) is 23.1 Å². The van der Waals surface area contributed by atoms with Crippen molar-refractivity contribution in [3.05, 3.63) is 39.0 Å². The van der Waals surface area contributed by atoms with Gasteiger partial charge in [-0.25, -0.2) is 4.98 Å². The lowest BCUT2D eigenvalue weighted by atomic mass is 10.1. The van der Waals surface area contributed by atoms with E-state index >= 15 is 0 Å². The number of aromatic amines is 1. The summed E-state index contributed by atoms with van der Waals surface area (Å²) < 4.78 is 43.3. The molecule has 0 bridgehead atoms. The monoisotopic (exact) mass is 355 g/mol. The normalized spacial score (nSPS) is 12.0. The molecule has 0 aromatic carbocycles. The second-order valence-corrected chi connectivity index (χ2v) is 5.52. The first-order valence-corrected chi connectivity index (χ1v) is 7.38. The Morgan fingerprint density at radius 3 is 2.58 bits per heavy atom. The number of aromatic nitrogens is 5. The molecule has 0 saturated heterocycles. The van der Waals surface area contributed by atoms with E-state index in [4.69, 9.17) is 12.2 Å². The van der Waals surface area contributed by atoms with Crippen molar-refractivity contribution in [3.8, 4) is 11.4 Å². The van der Waals surface area contributed by atoms with Gasteiger partial charge in [0.25, 0.3) is 5.56 Å². The third-order valence-electron chi connectivity index (χ3n) is 3.55. The molecule has 3 aromatic heterocycles. The summed E-state index contributed by atoms with van der Waals surface area (Å²) in [6.07, 6.45) is -3.12. The zero-order valence-electron chi connectivity index (χ0n) is 12.7. The number of halogens is 3. The molecular formula is C14H12F3N5OS. The molecule has 0 spiro atoms. The van der Waals surface area contributed by atoms with E-state index in [1.807, 2.05) is 0 Å². The van der Waals surface area contributed by atoms with E-state index in [1.54, 1.807) is 26.2 Å². The van der Waals surface area contributed by atoms with E-state index in [-0.39, 0.29) is 28.4 Å². The molecular weight excluding hydrogens is 343 g/mol. The lowest BCUT2D eigenvalue weighted by Crippen LogP contribution is -2.20. The smallest absolute Gasteiger partial charge is 0.303 e. The van der Waals surface area contributed by atoms with E-state index in [1.165, 1.54) is 9.25 Å².